The molecule has 0 aromatic heterocycles. The van der Waals surface area contributed by atoms with E-state index < -0.39 is 0 Å². The van der Waals surface area contributed by atoms with Gasteiger partial charge < -0.3 is 20.1 Å². The number of amides is 1. The topological polar surface area (TPSA) is 59.6 Å². The van der Waals surface area contributed by atoms with E-state index in [0.717, 1.165) is 34.7 Å². The Kier molecular flexibility index (Phi) is 7.66. The maximum Gasteiger partial charge on any atom is 0.238 e. The summed E-state index contributed by atoms with van der Waals surface area (Å²) < 4.78 is 11.1. The molecule has 1 amide bonds. The maximum atomic E-state index is 12.1. The summed E-state index contributed by atoms with van der Waals surface area (Å²) in [6, 6.07) is 25.3. The van der Waals surface area contributed by atoms with Gasteiger partial charge in [-0.25, -0.2) is 0 Å². The molecule has 0 aliphatic rings. The molecule has 2 N–H and O–H groups in total. The number of nitrogens with one attached hydrogen (secondary N) is 2. The van der Waals surface area contributed by atoms with Crippen molar-refractivity contribution in [1.82, 2.24) is 5.32 Å². The number of carbonyl (C=O) groups excluding carboxylic acids is 1. The molecule has 3 aromatic rings. The van der Waals surface area contributed by atoms with Crippen LogP contribution >= 0.6 is 0 Å². The van der Waals surface area contributed by atoms with Crippen LogP contribution in [0.4, 0.5) is 5.69 Å². The Bertz CT molecular complexity index is 896. The molecular formula is C24H26N2O3. The summed E-state index contributed by atoms with van der Waals surface area (Å²) in [5.41, 5.74) is 2.98. The summed E-state index contributed by atoms with van der Waals surface area (Å²) in [6.07, 6.45) is 0.796. The molecule has 5 heteroatoms. The quantitative estimate of drug-likeness (QED) is 0.513. The van der Waals surface area contributed by atoms with Crippen molar-refractivity contribution in [3.63, 3.8) is 0 Å². The predicted octanol–water partition coefficient (Wildman–Crippen LogP) is 4.05. The molecule has 0 bridgehead atoms. The molecule has 0 saturated carbocycles. The smallest absolute Gasteiger partial charge is 0.238 e. The molecule has 0 radical (unpaired) electrons. The molecule has 0 saturated heterocycles. The molecule has 5 nitrogen and oxygen atoms in total. The van der Waals surface area contributed by atoms with Gasteiger partial charge >= 0.3 is 0 Å². The van der Waals surface area contributed by atoms with Gasteiger partial charge in [-0.1, -0.05) is 48.5 Å². The standard InChI is InChI=1S/C24H26N2O3/c1-28-23-10-6-5-9-20(23)15-16-25-17-24(27)26-21-11-13-22(14-12-21)29-18-19-7-3-2-4-8-19/h2-14,25H,15-18H2,1H3,(H,26,27). The van der Waals surface area contributed by atoms with Gasteiger partial charge in [-0.15, -0.1) is 0 Å². The Morgan fingerprint density at radius 2 is 1.62 bits per heavy atom. The van der Waals surface area contributed by atoms with E-state index in [0.29, 0.717) is 13.2 Å². The first-order valence-electron chi connectivity index (χ1n) is 9.64. The molecule has 0 unspecified atom stereocenters. The van der Waals surface area contributed by atoms with E-state index in [1.807, 2.05) is 78.9 Å². The Morgan fingerprint density at radius 3 is 2.38 bits per heavy atom. The van der Waals surface area contributed by atoms with Crippen molar-refractivity contribution < 1.29 is 14.3 Å². The minimum absolute atomic E-state index is 0.0806. The Labute approximate surface area is 171 Å². The van der Waals surface area contributed by atoms with Crippen LogP contribution in [0.2, 0.25) is 0 Å². The highest BCUT2D eigenvalue weighted by molar-refractivity contribution is 5.92. The molecule has 0 atom stereocenters. The fourth-order valence-corrected chi connectivity index (χ4v) is 2.92. The van der Waals surface area contributed by atoms with Crippen molar-refractivity contribution in [2.45, 2.75) is 13.0 Å². The Balaban J connectivity index is 1.38. The number of methoxy groups -OCH3 is 1. The second-order valence-corrected chi connectivity index (χ2v) is 6.59. The van der Waals surface area contributed by atoms with Gasteiger partial charge in [0.15, 0.2) is 0 Å². The number of rotatable bonds is 10. The zero-order valence-electron chi connectivity index (χ0n) is 16.6. The lowest BCUT2D eigenvalue weighted by Gasteiger charge is -2.10. The van der Waals surface area contributed by atoms with Crippen LogP contribution in [0.1, 0.15) is 11.1 Å². The average Bonchev–Trinajstić information content (AvgIpc) is 2.77. The highest BCUT2D eigenvalue weighted by Gasteiger charge is 2.04. The minimum Gasteiger partial charge on any atom is -0.496 e. The molecular weight excluding hydrogens is 364 g/mol. The number of ether oxygens (including phenoxy) is 2. The molecule has 3 rings (SSSR count). The second kappa shape index (κ2) is 10.9. The van der Waals surface area contributed by atoms with E-state index >= 15 is 0 Å². The van der Waals surface area contributed by atoms with Crippen LogP contribution < -0.4 is 20.1 Å². The minimum atomic E-state index is -0.0806. The van der Waals surface area contributed by atoms with E-state index in [-0.39, 0.29) is 12.5 Å². The third kappa shape index (κ3) is 6.66. The third-order valence-corrected chi connectivity index (χ3v) is 4.44. The maximum absolute atomic E-state index is 12.1. The van der Waals surface area contributed by atoms with Crippen molar-refractivity contribution in [3.8, 4) is 11.5 Å². The first-order chi connectivity index (χ1) is 14.2. The van der Waals surface area contributed by atoms with E-state index in [9.17, 15) is 4.79 Å². The van der Waals surface area contributed by atoms with Crippen molar-refractivity contribution in [1.29, 1.82) is 0 Å². The van der Waals surface area contributed by atoms with Gasteiger partial charge in [0, 0.05) is 5.69 Å². The average molecular weight is 390 g/mol. The monoisotopic (exact) mass is 390 g/mol. The van der Waals surface area contributed by atoms with Crippen LogP contribution in [0.25, 0.3) is 0 Å². The van der Waals surface area contributed by atoms with E-state index in [1.165, 1.54) is 0 Å². The van der Waals surface area contributed by atoms with Crippen LogP contribution in [-0.4, -0.2) is 26.1 Å². The SMILES string of the molecule is COc1ccccc1CCNCC(=O)Nc1ccc(OCc2ccccc2)cc1. The van der Waals surface area contributed by atoms with Gasteiger partial charge in [0.2, 0.25) is 5.91 Å². The fourth-order valence-electron chi connectivity index (χ4n) is 2.92. The van der Waals surface area contributed by atoms with Gasteiger partial charge in [0.25, 0.3) is 0 Å². The van der Waals surface area contributed by atoms with Crippen molar-refractivity contribution in [2.75, 3.05) is 25.5 Å². The van der Waals surface area contributed by atoms with Gasteiger partial charge in [-0.2, -0.15) is 0 Å². The van der Waals surface area contributed by atoms with Gasteiger partial charge in [-0.05, 0) is 54.4 Å². The molecule has 0 aliphatic heterocycles. The zero-order valence-corrected chi connectivity index (χ0v) is 16.6. The molecule has 3 aromatic carbocycles. The lowest BCUT2D eigenvalue weighted by Crippen LogP contribution is -2.29. The highest BCUT2D eigenvalue weighted by atomic mass is 16.5. The zero-order chi connectivity index (χ0) is 20.3. The largest absolute Gasteiger partial charge is 0.496 e. The number of carbonyl (C=O) groups is 1. The highest BCUT2D eigenvalue weighted by Crippen LogP contribution is 2.18. The van der Waals surface area contributed by atoms with Crippen molar-refractivity contribution in [3.05, 3.63) is 90.0 Å². The molecule has 0 heterocycles. The van der Waals surface area contributed by atoms with E-state index in [1.54, 1.807) is 7.11 Å². The normalized spacial score (nSPS) is 10.4. The van der Waals surface area contributed by atoms with Crippen LogP contribution in [0, 0.1) is 0 Å². The van der Waals surface area contributed by atoms with Crippen LogP contribution in [0.3, 0.4) is 0 Å². The molecule has 0 aliphatic carbocycles. The summed E-state index contributed by atoms with van der Waals surface area (Å²) in [5, 5.41) is 6.05. The van der Waals surface area contributed by atoms with E-state index in [4.69, 9.17) is 9.47 Å². The van der Waals surface area contributed by atoms with Crippen molar-refractivity contribution in [2.24, 2.45) is 0 Å². The lowest BCUT2D eigenvalue weighted by molar-refractivity contribution is -0.115. The summed E-state index contributed by atoms with van der Waals surface area (Å²) in [7, 11) is 1.66. The number of benzene rings is 3. The number of hydrogen-bond acceptors (Lipinski definition) is 4. The van der Waals surface area contributed by atoms with E-state index in [2.05, 4.69) is 10.6 Å². The summed E-state index contributed by atoms with van der Waals surface area (Å²) in [6.45, 7) is 1.46. The van der Waals surface area contributed by atoms with Crippen LogP contribution in [-0.2, 0) is 17.8 Å². The number of hydrogen-bond donors (Lipinski definition) is 2. The van der Waals surface area contributed by atoms with Gasteiger partial charge in [-0.3, -0.25) is 4.79 Å². The third-order valence-electron chi connectivity index (χ3n) is 4.44. The van der Waals surface area contributed by atoms with Crippen molar-refractivity contribution >= 4 is 11.6 Å². The van der Waals surface area contributed by atoms with Crippen LogP contribution in [0.5, 0.6) is 11.5 Å². The fraction of sp³-hybridized carbons (Fsp3) is 0.208. The predicted molar refractivity (Wildman–Crippen MR) is 115 cm³/mol. The summed E-state index contributed by atoms with van der Waals surface area (Å²) >= 11 is 0. The molecule has 150 valence electrons. The number of para-hydroxylation sites is 1. The summed E-state index contributed by atoms with van der Waals surface area (Å²) in [5.74, 6) is 1.55. The molecule has 0 spiro atoms. The first-order valence-corrected chi connectivity index (χ1v) is 9.64. The lowest BCUT2D eigenvalue weighted by atomic mass is 10.1. The molecule has 0 fully saturated rings. The molecule has 29 heavy (non-hydrogen) atoms. The Hall–Kier alpha value is -3.31. The van der Waals surface area contributed by atoms with Crippen LogP contribution in [0.15, 0.2) is 78.9 Å². The Morgan fingerprint density at radius 1 is 0.897 bits per heavy atom. The number of anilines is 1. The second-order valence-electron chi connectivity index (χ2n) is 6.59. The first kappa shape index (κ1) is 20.4. The summed E-state index contributed by atoms with van der Waals surface area (Å²) in [4.78, 5) is 12.1. The van der Waals surface area contributed by atoms with Gasteiger partial charge in [0.05, 0.1) is 13.7 Å². The van der Waals surface area contributed by atoms with Gasteiger partial charge in [0.1, 0.15) is 18.1 Å².